The Bertz CT molecular complexity index is 1430. The Balaban J connectivity index is 1.09. The van der Waals surface area contributed by atoms with Gasteiger partial charge in [0.1, 0.15) is 5.82 Å². The lowest BCUT2D eigenvalue weighted by Gasteiger charge is -2.32. The van der Waals surface area contributed by atoms with Gasteiger partial charge in [0.25, 0.3) is 5.91 Å². The normalized spacial score (nSPS) is 16.3. The molecule has 0 bridgehead atoms. The van der Waals surface area contributed by atoms with E-state index in [1.807, 2.05) is 66.7 Å². The highest BCUT2D eigenvalue weighted by Gasteiger charge is 2.30. The maximum Gasteiger partial charge on any atom is 0.253 e. The average Bonchev–Trinajstić information content (AvgIpc) is 3.58. The summed E-state index contributed by atoms with van der Waals surface area (Å²) < 4.78 is 3.93. The zero-order chi connectivity index (χ0) is 25.4. The standard InChI is InChI=1S/C28H31N7O2/c1-19-29-14-18-33(19)15-11-20-12-16-34(17-13-20)27(37)23-9-5-21(6-10-23)24-3-2-4-25-30-28(32-35(24)25)31-26(36)22-7-8-22/h2-6,9-10,14,18,20,22H,7-8,11-13,15-17H2,1H3,(H,31,32,36). The number of aromatic nitrogens is 5. The number of imidazole rings is 1. The molecule has 2 aliphatic rings. The van der Waals surface area contributed by atoms with Crippen LogP contribution in [0.1, 0.15) is 48.3 Å². The van der Waals surface area contributed by atoms with E-state index in [4.69, 9.17) is 0 Å². The van der Waals surface area contributed by atoms with Crippen molar-refractivity contribution in [1.82, 2.24) is 29.0 Å². The molecule has 1 aliphatic heterocycles. The number of nitrogens with one attached hydrogen (secondary N) is 1. The van der Waals surface area contributed by atoms with Crippen LogP contribution in [0.4, 0.5) is 5.95 Å². The minimum absolute atomic E-state index is 0.0161. The van der Waals surface area contributed by atoms with E-state index in [1.54, 1.807) is 4.52 Å². The number of hydrogen-bond donors (Lipinski definition) is 1. The number of likely N-dealkylation sites (tertiary alicyclic amines) is 1. The van der Waals surface area contributed by atoms with Crippen molar-refractivity contribution in [3.8, 4) is 11.3 Å². The molecule has 0 atom stereocenters. The van der Waals surface area contributed by atoms with Crippen LogP contribution < -0.4 is 5.32 Å². The number of fused-ring (bicyclic) bond motifs is 1. The van der Waals surface area contributed by atoms with Gasteiger partial charge in [0.05, 0.1) is 5.69 Å². The van der Waals surface area contributed by atoms with Crippen molar-refractivity contribution in [1.29, 1.82) is 0 Å². The van der Waals surface area contributed by atoms with Gasteiger partial charge in [0.15, 0.2) is 5.65 Å². The molecule has 0 unspecified atom stereocenters. The lowest BCUT2D eigenvalue weighted by molar-refractivity contribution is -0.117. The van der Waals surface area contributed by atoms with Crippen molar-refractivity contribution in [2.24, 2.45) is 11.8 Å². The van der Waals surface area contributed by atoms with Crippen LogP contribution >= 0.6 is 0 Å². The van der Waals surface area contributed by atoms with Crippen LogP contribution in [0, 0.1) is 18.8 Å². The second kappa shape index (κ2) is 9.80. The van der Waals surface area contributed by atoms with Gasteiger partial charge in [0.2, 0.25) is 11.9 Å². The van der Waals surface area contributed by atoms with E-state index < -0.39 is 0 Å². The fraction of sp³-hybridized carbons (Fsp3) is 0.393. The van der Waals surface area contributed by atoms with Gasteiger partial charge in [-0.05, 0) is 69.2 Å². The molecule has 9 heteroatoms. The zero-order valence-corrected chi connectivity index (χ0v) is 21.0. The number of nitrogens with zero attached hydrogens (tertiary/aromatic N) is 6. The van der Waals surface area contributed by atoms with E-state index in [0.29, 0.717) is 23.1 Å². The van der Waals surface area contributed by atoms with Gasteiger partial charge in [-0.25, -0.2) is 9.50 Å². The van der Waals surface area contributed by atoms with Crippen LogP contribution in [0.2, 0.25) is 0 Å². The third kappa shape index (κ3) is 4.98. The third-order valence-corrected chi connectivity index (χ3v) is 7.57. The molecule has 2 fully saturated rings. The van der Waals surface area contributed by atoms with Crippen LogP contribution in [-0.2, 0) is 11.3 Å². The summed E-state index contributed by atoms with van der Waals surface area (Å²) in [4.78, 5) is 36.0. The average molecular weight is 498 g/mol. The number of hydrogen-bond acceptors (Lipinski definition) is 5. The smallest absolute Gasteiger partial charge is 0.253 e. The van der Waals surface area contributed by atoms with E-state index in [0.717, 1.165) is 68.8 Å². The van der Waals surface area contributed by atoms with E-state index in [9.17, 15) is 9.59 Å². The van der Waals surface area contributed by atoms with Gasteiger partial charge in [0, 0.05) is 49.1 Å². The van der Waals surface area contributed by atoms with E-state index >= 15 is 0 Å². The molecule has 1 aromatic carbocycles. The number of aryl methyl sites for hydroxylation is 2. The second-order valence-corrected chi connectivity index (χ2v) is 10.1. The lowest BCUT2D eigenvalue weighted by Crippen LogP contribution is -2.38. The first-order valence-corrected chi connectivity index (χ1v) is 13.1. The summed E-state index contributed by atoms with van der Waals surface area (Å²) in [6.45, 7) is 4.61. The largest absolute Gasteiger partial charge is 0.339 e. The Labute approximate surface area is 215 Å². The number of carbonyl (C=O) groups excluding carboxylic acids is 2. The van der Waals surface area contributed by atoms with Crippen molar-refractivity contribution in [3.63, 3.8) is 0 Å². The molecule has 2 amide bonds. The lowest BCUT2D eigenvalue weighted by atomic mass is 9.93. The molecule has 1 N–H and O–H groups in total. The van der Waals surface area contributed by atoms with E-state index in [-0.39, 0.29) is 17.7 Å². The molecule has 6 rings (SSSR count). The zero-order valence-electron chi connectivity index (χ0n) is 21.0. The highest BCUT2D eigenvalue weighted by molar-refractivity contribution is 5.95. The summed E-state index contributed by atoms with van der Waals surface area (Å²) in [6, 6.07) is 13.4. The number of rotatable bonds is 7. The Morgan fingerprint density at radius 3 is 2.51 bits per heavy atom. The summed E-state index contributed by atoms with van der Waals surface area (Å²) in [5.41, 5.74) is 3.14. The molecule has 3 aromatic heterocycles. The van der Waals surface area contributed by atoms with Crippen LogP contribution in [0.25, 0.3) is 16.9 Å². The fourth-order valence-corrected chi connectivity index (χ4v) is 5.09. The summed E-state index contributed by atoms with van der Waals surface area (Å²) >= 11 is 0. The first kappa shape index (κ1) is 23.4. The van der Waals surface area contributed by atoms with Gasteiger partial charge in [-0.1, -0.05) is 18.2 Å². The molecule has 9 nitrogen and oxygen atoms in total. The minimum Gasteiger partial charge on any atom is -0.339 e. The van der Waals surface area contributed by atoms with Crippen molar-refractivity contribution < 1.29 is 9.59 Å². The number of anilines is 1. The van der Waals surface area contributed by atoms with Gasteiger partial charge >= 0.3 is 0 Å². The van der Waals surface area contributed by atoms with Gasteiger partial charge < -0.3 is 9.47 Å². The summed E-state index contributed by atoms with van der Waals surface area (Å²) in [5.74, 6) is 2.16. The Kier molecular flexibility index (Phi) is 6.20. The maximum absolute atomic E-state index is 13.2. The second-order valence-electron chi connectivity index (χ2n) is 10.1. The van der Waals surface area contributed by atoms with Crippen molar-refractivity contribution in [2.45, 2.75) is 45.6 Å². The van der Waals surface area contributed by atoms with E-state index in [1.165, 1.54) is 0 Å². The Hall–Kier alpha value is -4.01. The highest BCUT2D eigenvalue weighted by Crippen LogP contribution is 2.30. The monoisotopic (exact) mass is 497 g/mol. The van der Waals surface area contributed by atoms with Crippen molar-refractivity contribution >= 4 is 23.4 Å². The predicted molar refractivity (Wildman–Crippen MR) is 140 cm³/mol. The Morgan fingerprint density at radius 1 is 1.03 bits per heavy atom. The first-order valence-electron chi connectivity index (χ1n) is 13.1. The number of pyridine rings is 1. The molecule has 0 spiro atoms. The molecule has 37 heavy (non-hydrogen) atoms. The van der Waals surface area contributed by atoms with Crippen molar-refractivity contribution in [3.05, 3.63) is 66.2 Å². The van der Waals surface area contributed by atoms with Crippen LogP contribution in [-0.4, -0.2) is 54.0 Å². The third-order valence-electron chi connectivity index (χ3n) is 7.57. The SMILES string of the molecule is Cc1nccn1CCC1CCN(C(=O)c2ccc(-c3cccc4nc(NC(=O)C5CC5)nn34)cc2)CC1. The molecule has 1 saturated heterocycles. The van der Waals surface area contributed by atoms with Crippen LogP contribution in [0.15, 0.2) is 54.9 Å². The van der Waals surface area contributed by atoms with Gasteiger partial charge in [-0.15, -0.1) is 5.10 Å². The molecule has 4 heterocycles. The van der Waals surface area contributed by atoms with Crippen LogP contribution in [0.5, 0.6) is 0 Å². The number of carbonyl (C=O) groups is 2. The van der Waals surface area contributed by atoms with Crippen LogP contribution in [0.3, 0.4) is 0 Å². The van der Waals surface area contributed by atoms with E-state index in [2.05, 4.69) is 25.0 Å². The highest BCUT2D eigenvalue weighted by atomic mass is 16.2. The maximum atomic E-state index is 13.2. The quantitative estimate of drug-likeness (QED) is 0.413. The number of piperidine rings is 1. The molecule has 1 saturated carbocycles. The minimum atomic E-state index is -0.0161. The summed E-state index contributed by atoms with van der Waals surface area (Å²) in [7, 11) is 0. The first-order chi connectivity index (χ1) is 18.0. The molecule has 1 aliphatic carbocycles. The topological polar surface area (TPSA) is 97.4 Å². The molecule has 0 radical (unpaired) electrons. The molecule has 190 valence electrons. The molecular weight excluding hydrogens is 466 g/mol. The fourth-order valence-electron chi connectivity index (χ4n) is 5.09. The number of benzene rings is 1. The molecular formula is C28H31N7O2. The molecule has 4 aromatic rings. The Morgan fingerprint density at radius 2 is 1.81 bits per heavy atom. The summed E-state index contributed by atoms with van der Waals surface area (Å²) in [6.07, 6.45) is 8.93. The predicted octanol–water partition coefficient (Wildman–Crippen LogP) is 4.19. The van der Waals surface area contributed by atoms with Gasteiger partial charge in [-0.2, -0.15) is 4.98 Å². The van der Waals surface area contributed by atoms with Gasteiger partial charge in [-0.3, -0.25) is 14.9 Å². The van der Waals surface area contributed by atoms with Crippen molar-refractivity contribution in [2.75, 3.05) is 18.4 Å². The summed E-state index contributed by atoms with van der Waals surface area (Å²) in [5, 5.41) is 7.32. The number of amides is 2.